The molecule has 0 saturated carbocycles. The molecule has 0 fully saturated rings. The van der Waals surface area contributed by atoms with E-state index >= 15 is 0 Å². The molecule has 1 aromatic carbocycles. The molecule has 0 bridgehead atoms. The highest BCUT2D eigenvalue weighted by atomic mass is 79.9. The number of nitrogens with one attached hydrogen (secondary N) is 1. The third kappa shape index (κ3) is 2.73. The first kappa shape index (κ1) is 11.0. The first-order valence-electron chi connectivity index (χ1n) is 4.42. The minimum Gasteiger partial charge on any atom is -0.493 e. The van der Waals surface area contributed by atoms with Gasteiger partial charge < -0.3 is 10.5 Å². The fraction of sp³-hybridized carbons (Fsp3) is 0.300. The van der Waals surface area contributed by atoms with Crippen molar-refractivity contribution < 1.29 is 4.74 Å². The smallest absolute Gasteiger partial charge is 0.130 e. The number of nitrogens with two attached hydrogens (primary N) is 1. The van der Waals surface area contributed by atoms with E-state index in [1.807, 2.05) is 19.1 Å². The van der Waals surface area contributed by atoms with Crippen molar-refractivity contribution in [2.24, 2.45) is 5.73 Å². The SMILES string of the molecule is CCCOc1ccc(Br)cc1C(=N)N. The van der Waals surface area contributed by atoms with Crippen molar-refractivity contribution in [3.05, 3.63) is 28.2 Å². The first-order valence-corrected chi connectivity index (χ1v) is 5.21. The van der Waals surface area contributed by atoms with Gasteiger partial charge in [-0.25, -0.2) is 0 Å². The monoisotopic (exact) mass is 256 g/mol. The van der Waals surface area contributed by atoms with E-state index in [1.54, 1.807) is 6.07 Å². The molecule has 4 heteroatoms. The highest BCUT2D eigenvalue weighted by Gasteiger charge is 2.06. The number of nitrogen functional groups attached to an aromatic ring is 1. The number of hydrogen-bond acceptors (Lipinski definition) is 2. The molecule has 0 aliphatic carbocycles. The zero-order chi connectivity index (χ0) is 10.6. The van der Waals surface area contributed by atoms with Crippen LogP contribution >= 0.6 is 15.9 Å². The lowest BCUT2D eigenvalue weighted by molar-refractivity contribution is 0.317. The lowest BCUT2D eigenvalue weighted by Crippen LogP contribution is -2.13. The van der Waals surface area contributed by atoms with Crippen LogP contribution in [0.5, 0.6) is 5.75 Å². The zero-order valence-corrected chi connectivity index (χ0v) is 9.60. The number of hydrogen-bond donors (Lipinski definition) is 2. The molecule has 1 aromatic rings. The predicted molar refractivity (Wildman–Crippen MR) is 60.9 cm³/mol. The molecule has 0 saturated heterocycles. The van der Waals surface area contributed by atoms with E-state index in [0.717, 1.165) is 10.9 Å². The van der Waals surface area contributed by atoms with Crippen LogP contribution in [0.1, 0.15) is 18.9 Å². The van der Waals surface area contributed by atoms with Gasteiger partial charge in [-0.2, -0.15) is 0 Å². The van der Waals surface area contributed by atoms with Crippen LogP contribution in [0.4, 0.5) is 0 Å². The summed E-state index contributed by atoms with van der Waals surface area (Å²) in [4.78, 5) is 0. The van der Waals surface area contributed by atoms with E-state index in [2.05, 4.69) is 15.9 Å². The Morgan fingerprint density at radius 3 is 2.86 bits per heavy atom. The molecule has 0 radical (unpaired) electrons. The average molecular weight is 257 g/mol. The van der Waals surface area contributed by atoms with Crippen molar-refractivity contribution in [1.82, 2.24) is 0 Å². The summed E-state index contributed by atoms with van der Waals surface area (Å²) in [6.45, 7) is 2.67. The highest BCUT2D eigenvalue weighted by molar-refractivity contribution is 9.10. The summed E-state index contributed by atoms with van der Waals surface area (Å²) >= 11 is 3.32. The van der Waals surface area contributed by atoms with Gasteiger partial charge >= 0.3 is 0 Å². The second-order valence-electron chi connectivity index (χ2n) is 2.90. The maximum atomic E-state index is 7.39. The van der Waals surface area contributed by atoms with Crippen molar-refractivity contribution in [2.45, 2.75) is 13.3 Å². The zero-order valence-electron chi connectivity index (χ0n) is 8.01. The summed E-state index contributed by atoms with van der Waals surface area (Å²) in [5.41, 5.74) is 6.07. The van der Waals surface area contributed by atoms with Crippen LogP contribution in [0.15, 0.2) is 22.7 Å². The molecule has 0 heterocycles. The second-order valence-corrected chi connectivity index (χ2v) is 3.82. The van der Waals surface area contributed by atoms with E-state index in [1.165, 1.54) is 0 Å². The number of amidine groups is 1. The van der Waals surface area contributed by atoms with Crippen LogP contribution in [-0.2, 0) is 0 Å². The molecule has 0 atom stereocenters. The molecular weight excluding hydrogens is 244 g/mol. The Kier molecular flexibility index (Phi) is 3.95. The minimum absolute atomic E-state index is 0.0254. The van der Waals surface area contributed by atoms with Gasteiger partial charge in [0, 0.05) is 4.47 Å². The van der Waals surface area contributed by atoms with Crippen molar-refractivity contribution in [3.8, 4) is 5.75 Å². The minimum atomic E-state index is 0.0254. The van der Waals surface area contributed by atoms with Gasteiger partial charge in [-0.05, 0) is 24.6 Å². The number of halogens is 1. The molecule has 76 valence electrons. The molecule has 0 aliphatic rings. The summed E-state index contributed by atoms with van der Waals surface area (Å²) in [5, 5.41) is 7.39. The molecule has 0 aliphatic heterocycles. The molecule has 0 aromatic heterocycles. The maximum Gasteiger partial charge on any atom is 0.130 e. The van der Waals surface area contributed by atoms with Crippen LogP contribution in [0.25, 0.3) is 0 Å². The summed E-state index contributed by atoms with van der Waals surface area (Å²) in [7, 11) is 0. The number of ether oxygens (including phenoxy) is 1. The highest BCUT2D eigenvalue weighted by Crippen LogP contribution is 2.22. The number of rotatable bonds is 4. The Labute approximate surface area is 91.9 Å². The van der Waals surface area contributed by atoms with E-state index in [-0.39, 0.29) is 5.84 Å². The second kappa shape index (κ2) is 5.00. The van der Waals surface area contributed by atoms with Crippen molar-refractivity contribution in [2.75, 3.05) is 6.61 Å². The first-order chi connectivity index (χ1) is 6.65. The van der Waals surface area contributed by atoms with Gasteiger partial charge in [0.05, 0.1) is 12.2 Å². The van der Waals surface area contributed by atoms with Crippen molar-refractivity contribution >= 4 is 21.8 Å². The molecule has 0 spiro atoms. The maximum absolute atomic E-state index is 7.39. The van der Waals surface area contributed by atoms with Crippen molar-refractivity contribution in [1.29, 1.82) is 5.41 Å². The van der Waals surface area contributed by atoms with Crippen LogP contribution in [0.2, 0.25) is 0 Å². The summed E-state index contributed by atoms with van der Waals surface area (Å²) in [6, 6.07) is 5.47. The van der Waals surface area contributed by atoms with Crippen molar-refractivity contribution in [3.63, 3.8) is 0 Å². The van der Waals surface area contributed by atoms with E-state index < -0.39 is 0 Å². The Bertz CT molecular complexity index is 339. The Balaban J connectivity index is 2.96. The predicted octanol–water partition coefficient (Wildman–Crippen LogP) is 2.52. The van der Waals surface area contributed by atoms with Crippen LogP contribution < -0.4 is 10.5 Å². The standard InChI is InChI=1S/C10H13BrN2O/c1-2-5-14-9-4-3-7(11)6-8(9)10(12)13/h3-4,6H,2,5H2,1H3,(H3,12,13). The van der Waals surface area contributed by atoms with Gasteiger partial charge in [-0.1, -0.05) is 22.9 Å². The molecule has 1 rings (SSSR count). The van der Waals surface area contributed by atoms with Gasteiger partial charge in [-0.3, -0.25) is 5.41 Å². The fourth-order valence-electron chi connectivity index (χ4n) is 1.05. The Morgan fingerprint density at radius 2 is 2.29 bits per heavy atom. The quantitative estimate of drug-likeness (QED) is 0.643. The summed E-state index contributed by atoms with van der Waals surface area (Å²) in [6.07, 6.45) is 0.938. The topological polar surface area (TPSA) is 59.1 Å². The van der Waals surface area contributed by atoms with Crippen LogP contribution in [-0.4, -0.2) is 12.4 Å². The van der Waals surface area contributed by atoms with Gasteiger partial charge in [0.25, 0.3) is 0 Å². The molecule has 3 N–H and O–H groups in total. The van der Waals surface area contributed by atoms with Gasteiger partial charge in [-0.15, -0.1) is 0 Å². The molecular formula is C10H13BrN2O. The van der Waals surface area contributed by atoms with Gasteiger partial charge in [0.2, 0.25) is 0 Å². The van der Waals surface area contributed by atoms with Gasteiger partial charge in [0.1, 0.15) is 11.6 Å². The molecule has 3 nitrogen and oxygen atoms in total. The van der Waals surface area contributed by atoms with E-state index in [0.29, 0.717) is 17.9 Å². The van der Waals surface area contributed by atoms with Gasteiger partial charge in [0.15, 0.2) is 0 Å². The van der Waals surface area contributed by atoms with Crippen LogP contribution in [0.3, 0.4) is 0 Å². The summed E-state index contributed by atoms with van der Waals surface area (Å²) in [5.74, 6) is 0.694. The summed E-state index contributed by atoms with van der Waals surface area (Å²) < 4.78 is 6.36. The number of benzene rings is 1. The lowest BCUT2D eigenvalue weighted by atomic mass is 10.2. The third-order valence-corrected chi connectivity index (χ3v) is 2.19. The molecule has 0 unspecified atom stereocenters. The Hall–Kier alpha value is -1.03. The molecule has 0 amide bonds. The van der Waals surface area contributed by atoms with E-state index in [9.17, 15) is 0 Å². The fourth-order valence-corrected chi connectivity index (χ4v) is 1.41. The normalized spacial score (nSPS) is 9.86. The largest absolute Gasteiger partial charge is 0.493 e. The molecule has 14 heavy (non-hydrogen) atoms. The third-order valence-electron chi connectivity index (χ3n) is 1.69. The van der Waals surface area contributed by atoms with Crippen LogP contribution in [0, 0.1) is 5.41 Å². The Morgan fingerprint density at radius 1 is 1.57 bits per heavy atom. The van der Waals surface area contributed by atoms with E-state index in [4.69, 9.17) is 15.9 Å². The lowest BCUT2D eigenvalue weighted by Gasteiger charge is -2.09. The average Bonchev–Trinajstić information content (AvgIpc) is 2.15.